The lowest BCUT2D eigenvalue weighted by Gasteiger charge is -2.13. The summed E-state index contributed by atoms with van der Waals surface area (Å²) in [4.78, 5) is 46.2. The molecule has 0 fully saturated rings. The first kappa shape index (κ1) is 19.5. The van der Waals surface area contributed by atoms with Crippen LogP contribution in [0.5, 0.6) is 0 Å². The molecular weight excluding hydrogens is 403 g/mol. The fraction of sp³-hybridized carbons (Fsp3) is 0. The molecule has 2 aromatic carbocycles. The number of rotatable bonds is 0. The third-order valence-electron chi connectivity index (χ3n) is 4.19. The first-order valence-electron chi connectivity index (χ1n) is 7.93. The minimum atomic E-state index is -0.389. The quantitative estimate of drug-likeness (QED) is 0.683. The lowest BCUT2D eigenvalue weighted by Crippen LogP contribution is -2.24. The summed E-state index contributed by atoms with van der Waals surface area (Å²) in [7, 11) is 0. The van der Waals surface area contributed by atoms with Crippen LogP contribution in [0.2, 0.25) is 0 Å². The van der Waals surface area contributed by atoms with Gasteiger partial charge in [-0.2, -0.15) is 0 Å². The zero-order chi connectivity index (χ0) is 20.6. The van der Waals surface area contributed by atoms with Gasteiger partial charge < -0.3 is 11.5 Å². The molecule has 0 radical (unpaired) electrons. The van der Waals surface area contributed by atoms with Gasteiger partial charge in [0, 0.05) is 22.3 Å². The summed E-state index contributed by atoms with van der Waals surface area (Å²) in [6.07, 6.45) is 0. The summed E-state index contributed by atoms with van der Waals surface area (Å²) >= 11 is 11.2. The van der Waals surface area contributed by atoms with Gasteiger partial charge in [-0.1, -0.05) is 71.7 Å². The highest BCUT2D eigenvalue weighted by Crippen LogP contribution is 2.26. The molecule has 0 atom stereocenters. The van der Waals surface area contributed by atoms with Crippen molar-refractivity contribution in [3.8, 4) is 0 Å². The van der Waals surface area contributed by atoms with E-state index in [9.17, 15) is 19.2 Å². The monoisotopic (exact) mass is 414 g/mol. The highest BCUT2D eigenvalue weighted by molar-refractivity contribution is 6.50. The van der Waals surface area contributed by atoms with Gasteiger partial charge in [-0.25, -0.2) is 0 Å². The zero-order valence-electron chi connectivity index (χ0n) is 14.2. The number of ketones is 4. The molecule has 0 aliphatic heterocycles. The maximum Gasteiger partial charge on any atom is 0.211 e. The maximum atomic E-state index is 11.6. The number of benzene rings is 2. The molecule has 2 aliphatic carbocycles. The molecule has 2 aliphatic rings. The predicted molar refractivity (Wildman–Crippen MR) is 104 cm³/mol. The predicted octanol–water partition coefficient (Wildman–Crippen LogP) is 2.95. The van der Waals surface area contributed by atoms with Crippen molar-refractivity contribution in [2.75, 3.05) is 0 Å². The molecule has 0 saturated heterocycles. The van der Waals surface area contributed by atoms with Crippen LogP contribution >= 0.6 is 23.2 Å². The summed E-state index contributed by atoms with van der Waals surface area (Å²) in [5.41, 5.74) is 11.7. The fourth-order valence-corrected chi connectivity index (χ4v) is 3.10. The number of hydrogen-bond donors (Lipinski definition) is 2. The lowest BCUT2D eigenvalue weighted by atomic mass is 9.93. The summed E-state index contributed by atoms with van der Waals surface area (Å²) in [5.74, 6) is -1.55. The first-order valence-corrected chi connectivity index (χ1v) is 8.68. The van der Waals surface area contributed by atoms with Crippen LogP contribution in [0.1, 0.15) is 41.4 Å². The topological polar surface area (TPSA) is 120 Å². The molecule has 0 aromatic heterocycles. The van der Waals surface area contributed by atoms with Crippen molar-refractivity contribution in [1.29, 1.82) is 0 Å². The molecule has 4 rings (SSSR count). The van der Waals surface area contributed by atoms with Gasteiger partial charge in [0.05, 0.1) is 0 Å². The van der Waals surface area contributed by atoms with Gasteiger partial charge in [0.2, 0.25) is 23.1 Å². The van der Waals surface area contributed by atoms with Crippen molar-refractivity contribution in [2.24, 2.45) is 11.5 Å². The Kier molecular flexibility index (Phi) is 5.18. The molecule has 28 heavy (non-hydrogen) atoms. The van der Waals surface area contributed by atoms with Crippen LogP contribution in [0.3, 0.4) is 0 Å². The molecule has 0 spiro atoms. The van der Waals surface area contributed by atoms with Gasteiger partial charge in [0.15, 0.2) is 0 Å². The third-order valence-corrected chi connectivity index (χ3v) is 4.94. The SMILES string of the molecule is NC1=C(Cl)C(=O)c2ccccc2C1=O.NC1=C(Cl)C(=O)c2ccccc2C1=O. The highest BCUT2D eigenvalue weighted by atomic mass is 35.5. The Hall–Kier alpha value is -3.22. The van der Waals surface area contributed by atoms with Gasteiger partial charge in [-0.15, -0.1) is 0 Å². The van der Waals surface area contributed by atoms with Crippen LogP contribution in [-0.2, 0) is 0 Å². The van der Waals surface area contributed by atoms with Crippen LogP contribution in [0, 0.1) is 0 Å². The van der Waals surface area contributed by atoms with E-state index in [0.717, 1.165) is 0 Å². The zero-order valence-corrected chi connectivity index (χ0v) is 15.7. The fourth-order valence-electron chi connectivity index (χ4n) is 2.73. The molecule has 0 amide bonds. The number of fused-ring (bicyclic) bond motifs is 2. The molecule has 2 aromatic rings. The Bertz CT molecular complexity index is 957. The van der Waals surface area contributed by atoms with Crippen molar-refractivity contribution >= 4 is 46.3 Å². The average Bonchev–Trinajstić information content (AvgIpc) is 2.73. The molecule has 0 saturated carbocycles. The normalized spacial score (nSPS) is 15.8. The van der Waals surface area contributed by atoms with E-state index in [1.165, 1.54) is 0 Å². The maximum absolute atomic E-state index is 11.6. The molecular formula is C20H12Cl2N2O4. The lowest BCUT2D eigenvalue weighted by molar-refractivity contribution is 0.0979. The van der Waals surface area contributed by atoms with Crippen LogP contribution in [0.4, 0.5) is 0 Å². The van der Waals surface area contributed by atoms with Crippen molar-refractivity contribution in [1.82, 2.24) is 0 Å². The molecule has 4 N–H and O–H groups in total. The van der Waals surface area contributed by atoms with E-state index in [2.05, 4.69) is 0 Å². The number of halogens is 2. The van der Waals surface area contributed by atoms with E-state index in [0.29, 0.717) is 22.3 Å². The standard InChI is InChI=1S/2C10H6ClNO2/c2*11-7-8(12)10(14)6-4-2-1-3-5(6)9(7)13/h2*1-4H,12H2. The van der Waals surface area contributed by atoms with Crippen molar-refractivity contribution in [2.45, 2.75) is 0 Å². The number of nitrogens with two attached hydrogens (primary N) is 2. The van der Waals surface area contributed by atoms with Crippen LogP contribution in [0.15, 0.2) is 70.0 Å². The Balaban J connectivity index is 0.000000161. The van der Waals surface area contributed by atoms with Gasteiger partial charge in [0.25, 0.3) is 0 Å². The second-order valence-corrected chi connectivity index (χ2v) is 6.62. The Morgan fingerprint density at radius 1 is 0.500 bits per heavy atom. The Morgan fingerprint density at radius 3 is 1.04 bits per heavy atom. The number of carbonyl (C=O) groups excluding carboxylic acids is 4. The second-order valence-electron chi connectivity index (χ2n) is 5.86. The summed E-state index contributed by atoms with van der Waals surface area (Å²) in [6.45, 7) is 0. The van der Waals surface area contributed by atoms with E-state index in [-0.39, 0.29) is 44.6 Å². The number of carbonyl (C=O) groups is 4. The van der Waals surface area contributed by atoms with E-state index >= 15 is 0 Å². The first-order chi connectivity index (χ1) is 13.3. The smallest absolute Gasteiger partial charge is 0.211 e. The highest BCUT2D eigenvalue weighted by Gasteiger charge is 2.30. The Labute approximate surface area is 169 Å². The number of allylic oxidation sites excluding steroid dienone is 4. The van der Waals surface area contributed by atoms with Crippen molar-refractivity contribution in [3.63, 3.8) is 0 Å². The molecule has 6 nitrogen and oxygen atoms in total. The number of hydrogen-bond acceptors (Lipinski definition) is 6. The number of Topliss-reactive ketones (excluding diaryl/α,β-unsaturated/α-hetero) is 4. The van der Waals surface area contributed by atoms with E-state index in [1.807, 2.05) is 0 Å². The van der Waals surface area contributed by atoms with Crippen LogP contribution in [0.25, 0.3) is 0 Å². The van der Waals surface area contributed by atoms with Crippen molar-refractivity contribution < 1.29 is 19.2 Å². The average molecular weight is 415 g/mol. The minimum Gasteiger partial charge on any atom is -0.394 e. The van der Waals surface area contributed by atoms with Gasteiger partial charge in [0.1, 0.15) is 21.5 Å². The van der Waals surface area contributed by atoms with Gasteiger partial charge in [-0.3, -0.25) is 19.2 Å². The molecule has 0 bridgehead atoms. The third kappa shape index (κ3) is 3.13. The summed E-state index contributed by atoms with van der Waals surface area (Å²) in [6, 6.07) is 12.9. The van der Waals surface area contributed by atoms with E-state index in [4.69, 9.17) is 34.7 Å². The van der Waals surface area contributed by atoms with Crippen LogP contribution < -0.4 is 11.5 Å². The van der Waals surface area contributed by atoms with Crippen LogP contribution in [-0.4, -0.2) is 23.1 Å². The molecule has 140 valence electrons. The minimum absolute atomic E-state index is 0.171. The second kappa shape index (κ2) is 7.42. The molecule has 0 unspecified atom stereocenters. The summed E-state index contributed by atoms with van der Waals surface area (Å²) < 4.78 is 0. The molecule has 8 heteroatoms. The van der Waals surface area contributed by atoms with E-state index < -0.39 is 0 Å². The Morgan fingerprint density at radius 2 is 0.750 bits per heavy atom. The van der Waals surface area contributed by atoms with Gasteiger partial charge >= 0.3 is 0 Å². The molecule has 0 heterocycles. The summed E-state index contributed by atoms with van der Waals surface area (Å²) in [5, 5.41) is -0.373. The van der Waals surface area contributed by atoms with Gasteiger partial charge in [-0.05, 0) is 0 Å². The largest absolute Gasteiger partial charge is 0.394 e. The van der Waals surface area contributed by atoms with E-state index in [1.54, 1.807) is 48.5 Å². The van der Waals surface area contributed by atoms with Crippen molar-refractivity contribution in [3.05, 3.63) is 92.2 Å².